The summed E-state index contributed by atoms with van der Waals surface area (Å²) in [6.07, 6.45) is 0. The molecule has 0 aliphatic carbocycles. The summed E-state index contributed by atoms with van der Waals surface area (Å²) in [7, 11) is 1.20. The molecular weight excluding hydrogens is 253 g/mol. The molecule has 0 spiro atoms. The van der Waals surface area contributed by atoms with E-state index < -0.39 is 7.12 Å². The summed E-state index contributed by atoms with van der Waals surface area (Å²) in [5, 5.41) is 9.10. The molecule has 1 aliphatic heterocycles. The summed E-state index contributed by atoms with van der Waals surface area (Å²) in [5.74, 6) is 0. The van der Waals surface area contributed by atoms with Crippen molar-refractivity contribution < 1.29 is 14.0 Å². The highest BCUT2D eigenvalue weighted by Crippen LogP contribution is 2.36. The average molecular weight is 273 g/mol. The second-order valence-electron chi connectivity index (χ2n) is 6.05. The van der Waals surface area contributed by atoms with Gasteiger partial charge in [0.15, 0.2) is 0 Å². The summed E-state index contributed by atoms with van der Waals surface area (Å²) in [6, 6.07) is 7.75. The van der Waals surface area contributed by atoms with Crippen molar-refractivity contribution in [2.75, 3.05) is 7.11 Å². The maximum Gasteiger partial charge on any atom is 0.494 e. The Morgan fingerprint density at radius 1 is 1.20 bits per heavy atom. The number of hydrogen-bond acceptors (Lipinski definition) is 4. The lowest BCUT2D eigenvalue weighted by atomic mass is 9.78. The zero-order valence-corrected chi connectivity index (χ0v) is 12.7. The maximum atomic E-state index is 9.10. The van der Waals surface area contributed by atoms with E-state index in [9.17, 15) is 0 Å². The molecule has 1 aromatic rings. The van der Waals surface area contributed by atoms with Gasteiger partial charge in [0.05, 0.1) is 29.4 Å². The van der Waals surface area contributed by atoms with Crippen molar-refractivity contribution in [2.45, 2.75) is 45.5 Å². The highest BCUT2D eigenvalue weighted by molar-refractivity contribution is 6.62. The van der Waals surface area contributed by atoms with Crippen LogP contribution < -0.4 is 5.46 Å². The summed E-state index contributed by atoms with van der Waals surface area (Å²) >= 11 is 0. The van der Waals surface area contributed by atoms with E-state index in [0.29, 0.717) is 12.2 Å². The number of methoxy groups -OCH3 is 1. The molecule has 5 heteroatoms. The van der Waals surface area contributed by atoms with E-state index in [2.05, 4.69) is 6.07 Å². The predicted molar refractivity (Wildman–Crippen MR) is 77.6 cm³/mol. The van der Waals surface area contributed by atoms with Crippen molar-refractivity contribution in [3.63, 3.8) is 0 Å². The minimum Gasteiger partial charge on any atom is -0.399 e. The topological polar surface area (TPSA) is 51.5 Å². The van der Waals surface area contributed by atoms with Gasteiger partial charge in [-0.25, -0.2) is 0 Å². The Hall–Kier alpha value is -1.35. The van der Waals surface area contributed by atoms with Gasteiger partial charge in [-0.15, -0.1) is 0 Å². The summed E-state index contributed by atoms with van der Waals surface area (Å²) in [6.45, 7) is 8.48. The normalized spacial score (nSPS) is 19.9. The zero-order chi connectivity index (χ0) is 15.0. The molecule has 4 nitrogen and oxygen atoms in total. The van der Waals surface area contributed by atoms with Crippen LogP contribution in [-0.4, -0.2) is 25.4 Å². The van der Waals surface area contributed by atoms with Crippen LogP contribution in [0.1, 0.15) is 38.8 Å². The van der Waals surface area contributed by atoms with Crippen LogP contribution in [0.2, 0.25) is 0 Å². The Kier molecular flexibility index (Phi) is 3.92. The number of nitriles is 1. The SMILES string of the molecule is COCc1cc(B2OC(C)(C)C(C)(C)O2)ccc1C#N. The van der Waals surface area contributed by atoms with Crippen LogP contribution in [-0.2, 0) is 20.7 Å². The molecule has 0 aromatic heterocycles. The molecule has 0 radical (unpaired) electrons. The third kappa shape index (κ3) is 2.60. The summed E-state index contributed by atoms with van der Waals surface area (Å²) in [4.78, 5) is 0. The Morgan fingerprint density at radius 2 is 1.80 bits per heavy atom. The number of ether oxygens (including phenoxy) is 1. The first-order valence-electron chi connectivity index (χ1n) is 6.68. The molecule has 0 bridgehead atoms. The third-order valence-electron chi connectivity index (χ3n) is 4.08. The molecule has 0 amide bonds. The van der Waals surface area contributed by atoms with Gasteiger partial charge in [0.25, 0.3) is 0 Å². The van der Waals surface area contributed by atoms with Crippen LogP contribution in [0.15, 0.2) is 18.2 Å². The molecule has 1 saturated heterocycles. The molecule has 106 valence electrons. The lowest BCUT2D eigenvalue weighted by Gasteiger charge is -2.32. The molecule has 0 unspecified atom stereocenters. The number of nitrogens with zero attached hydrogens (tertiary/aromatic N) is 1. The Balaban J connectivity index is 2.32. The van der Waals surface area contributed by atoms with Crippen molar-refractivity contribution in [1.29, 1.82) is 5.26 Å². The molecule has 20 heavy (non-hydrogen) atoms. The summed E-state index contributed by atoms with van der Waals surface area (Å²) < 4.78 is 17.2. The largest absolute Gasteiger partial charge is 0.494 e. The molecule has 2 rings (SSSR count). The molecule has 0 saturated carbocycles. The fourth-order valence-corrected chi connectivity index (χ4v) is 2.12. The third-order valence-corrected chi connectivity index (χ3v) is 4.08. The second-order valence-corrected chi connectivity index (χ2v) is 6.05. The van der Waals surface area contributed by atoms with Gasteiger partial charge < -0.3 is 14.0 Å². The van der Waals surface area contributed by atoms with Crippen LogP contribution in [0.4, 0.5) is 0 Å². The standard InChI is InChI=1S/C15H20BNO3/c1-14(2)15(3,4)20-16(19-14)13-7-6-11(9-17)12(8-13)10-18-5/h6-8H,10H2,1-5H3. The molecule has 1 aliphatic rings. The first-order chi connectivity index (χ1) is 9.30. The van der Waals surface area contributed by atoms with Crippen molar-refractivity contribution in [3.8, 4) is 6.07 Å². The number of hydrogen-bond donors (Lipinski definition) is 0. The molecular formula is C15H20BNO3. The minimum atomic E-state index is -0.414. The molecule has 1 heterocycles. The monoisotopic (exact) mass is 273 g/mol. The van der Waals surface area contributed by atoms with Gasteiger partial charge in [0, 0.05) is 7.11 Å². The van der Waals surface area contributed by atoms with E-state index in [1.165, 1.54) is 0 Å². The van der Waals surface area contributed by atoms with Gasteiger partial charge in [-0.05, 0) is 44.8 Å². The number of rotatable bonds is 3. The molecule has 0 atom stereocenters. The van der Waals surface area contributed by atoms with Crippen LogP contribution in [0, 0.1) is 11.3 Å². The fourth-order valence-electron chi connectivity index (χ4n) is 2.12. The van der Waals surface area contributed by atoms with Crippen molar-refractivity contribution in [3.05, 3.63) is 29.3 Å². The first-order valence-corrected chi connectivity index (χ1v) is 6.68. The Labute approximate surface area is 120 Å². The average Bonchev–Trinajstić information content (AvgIpc) is 2.59. The van der Waals surface area contributed by atoms with E-state index in [-0.39, 0.29) is 11.2 Å². The van der Waals surface area contributed by atoms with Crippen molar-refractivity contribution in [1.82, 2.24) is 0 Å². The second kappa shape index (κ2) is 5.21. The molecule has 1 aromatic carbocycles. The van der Waals surface area contributed by atoms with Crippen LogP contribution in [0.5, 0.6) is 0 Å². The fraction of sp³-hybridized carbons (Fsp3) is 0.533. The van der Waals surface area contributed by atoms with Gasteiger partial charge >= 0.3 is 7.12 Å². The van der Waals surface area contributed by atoms with Gasteiger partial charge in [0.1, 0.15) is 0 Å². The molecule has 1 fully saturated rings. The van der Waals surface area contributed by atoms with E-state index in [1.54, 1.807) is 13.2 Å². The zero-order valence-electron chi connectivity index (χ0n) is 12.7. The quantitative estimate of drug-likeness (QED) is 0.790. The van der Waals surface area contributed by atoms with Crippen LogP contribution >= 0.6 is 0 Å². The highest BCUT2D eigenvalue weighted by atomic mass is 16.7. The van der Waals surface area contributed by atoms with Gasteiger partial charge in [-0.1, -0.05) is 12.1 Å². The van der Waals surface area contributed by atoms with E-state index in [1.807, 2.05) is 39.8 Å². The van der Waals surface area contributed by atoms with E-state index >= 15 is 0 Å². The Morgan fingerprint density at radius 3 is 2.30 bits per heavy atom. The highest BCUT2D eigenvalue weighted by Gasteiger charge is 2.51. The smallest absolute Gasteiger partial charge is 0.399 e. The minimum absolute atomic E-state index is 0.368. The van der Waals surface area contributed by atoms with Gasteiger partial charge in [-0.2, -0.15) is 5.26 Å². The van der Waals surface area contributed by atoms with Gasteiger partial charge in [0.2, 0.25) is 0 Å². The lowest BCUT2D eigenvalue weighted by molar-refractivity contribution is 0.00578. The molecule has 0 N–H and O–H groups in total. The Bertz CT molecular complexity index is 533. The van der Waals surface area contributed by atoms with E-state index in [4.69, 9.17) is 19.3 Å². The van der Waals surface area contributed by atoms with Crippen LogP contribution in [0.25, 0.3) is 0 Å². The van der Waals surface area contributed by atoms with Crippen LogP contribution in [0.3, 0.4) is 0 Å². The maximum absolute atomic E-state index is 9.10. The van der Waals surface area contributed by atoms with E-state index in [0.717, 1.165) is 11.0 Å². The number of benzene rings is 1. The first kappa shape index (κ1) is 15.1. The lowest BCUT2D eigenvalue weighted by Crippen LogP contribution is -2.41. The van der Waals surface area contributed by atoms with Gasteiger partial charge in [-0.3, -0.25) is 0 Å². The van der Waals surface area contributed by atoms with Crippen molar-refractivity contribution >= 4 is 12.6 Å². The van der Waals surface area contributed by atoms with Crippen molar-refractivity contribution in [2.24, 2.45) is 0 Å². The summed E-state index contributed by atoms with van der Waals surface area (Å²) in [5.41, 5.74) is 1.64. The predicted octanol–water partition coefficient (Wildman–Crippen LogP) is 2.00.